The van der Waals surface area contributed by atoms with E-state index in [1.165, 1.54) is 0 Å². The van der Waals surface area contributed by atoms with E-state index in [2.05, 4.69) is 0 Å². The molecule has 0 radical (unpaired) electrons. The Morgan fingerprint density at radius 2 is 1.95 bits per heavy atom. The van der Waals surface area contributed by atoms with Gasteiger partial charge in [-0.3, -0.25) is 4.79 Å². The Labute approximate surface area is 127 Å². The van der Waals surface area contributed by atoms with Crippen molar-refractivity contribution < 1.29 is 13.2 Å². The van der Waals surface area contributed by atoms with Gasteiger partial charge in [0.25, 0.3) is 0 Å². The molecule has 0 aliphatic rings. The van der Waals surface area contributed by atoms with E-state index in [-0.39, 0.29) is 18.1 Å². The lowest BCUT2D eigenvalue weighted by molar-refractivity contribution is -0.133. The van der Waals surface area contributed by atoms with Crippen LogP contribution in [0.25, 0.3) is 0 Å². The minimum Gasteiger partial charge on any atom is -0.337 e. The Morgan fingerprint density at radius 3 is 2.48 bits per heavy atom. The van der Waals surface area contributed by atoms with Gasteiger partial charge in [-0.1, -0.05) is 24.3 Å². The van der Waals surface area contributed by atoms with Gasteiger partial charge in [-0.15, -0.1) is 0 Å². The molecular formula is C15H24N2O3S. The average molecular weight is 312 g/mol. The third-order valence-corrected chi connectivity index (χ3v) is 4.41. The Morgan fingerprint density at radius 1 is 1.33 bits per heavy atom. The van der Waals surface area contributed by atoms with Crippen LogP contribution < -0.4 is 5.73 Å². The first-order valence-electron chi connectivity index (χ1n) is 7.01. The predicted octanol–water partition coefficient (Wildman–Crippen LogP) is 1.11. The molecular weight excluding hydrogens is 288 g/mol. The smallest absolute Gasteiger partial charge is 0.239 e. The van der Waals surface area contributed by atoms with Crippen LogP contribution in [-0.2, 0) is 21.2 Å². The molecule has 0 aromatic heterocycles. The molecule has 0 heterocycles. The van der Waals surface area contributed by atoms with Gasteiger partial charge in [-0.2, -0.15) is 0 Å². The van der Waals surface area contributed by atoms with Gasteiger partial charge in [0.1, 0.15) is 9.84 Å². The van der Waals surface area contributed by atoms with Crippen LogP contribution in [0.1, 0.15) is 24.5 Å². The summed E-state index contributed by atoms with van der Waals surface area (Å²) in [6.07, 6.45) is 1.30. The number of nitrogens with zero attached hydrogens (tertiary/aromatic N) is 1. The zero-order chi connectivity index (χ0) is 16.0. The largest absolute Gasteiger partial charge is 0.337 e. The van der Waals surface area contributed by atoms with Crippen molar-refractivity contribution in [2.45, 2.75) is 32.9 Å². The van der Waals surface area contributed by atoms with Gasteiger partial charge in [-0.25, -0.2) is 8.42 Å². The van der Waals surface area contributed by atoms with E-state index in [9.17, 15) is 13.2 Å². The molecule has 1 rings (SSSR count). The molecule has 0 saturated heterocycles. The van der Waals surface area contributed by atoms with Gasteiger partial charge >= 0.3 is 0 Å². The highest BCUT2D eigenvalue weighted by molar-refractivity contribution is 7.90. The Balaban J connectivity index is 2.71. The number of hydrogen-bond acceptors (Lipinski definition) is 4. The topological polar surface area (TPSA) is 80.5 Å². The Kier molecular flexibility index (Phi) is 6.36. The highest BCUT2D eigenvalue weighted by atomic mass is 32.2. The molecule has 6 heteroatoms. The molecule has 118 valence electrons. The maximum absolute atomic E-state index is 12.3. The summed E-state index contributed by atoms with van der Waals surface area (Å²) in [7, 11) is -3.10. The summed E-state index contributed by atoms with van der Waals surface area (Å²) in [5.74, 6) is -0.272. The molecule has 0 saturated carbocycles. The number of rotatable bonds is 7. The number of likely N-dealkylation sites (N-methyl/N-ethyl adjacent to an activating group) is 1. The molecule has 5 nitrogen and oxygen atoms in total. The number of carbonyl (C=O) groups excluding carboxylic acids is 1. The van der Waals surface area contributed by atoms with E-state index in [4.69, 9.17) is 5.73 Å². The maximum atomic E-state index is 12.3. The minimum atomic E-state index is -3.10. The third kappa shape index (κ3) is 5.85. The molecule has 0 spiro atoms. The maximum Gasteiger partial charge on any atom is 0.239 e. The number of benzene rings is 1. The fourth-order valence-corrected chi connectivity index (χ4v) is 2.72. The van der Waals surface area contributed by atoms with E-state index in [0.29, 0.717) is 13.1 Å². The van der Waals surface area contributed by atoms with Crippen molar-refractivity contribution in [3.05, 3.63) is 35.4 Å². The second kappa shape index (κ2) is 7.56. The number of amides is 1. The van der Waals surface area contributed by atoms with Crippen molar-refractivity contribution in [1.29, 1.82) is 0 Å². The van der Waals surface area contributed by atoms with E-state index < -0.39 is 15.9 Å². The first-order valence-corrected chi connectivity index (χ1v) is 9.07. The summed E-state index contributed by atoms with van der Waals surface area (Å²) in [4.78, 5) is 14.0. The lowest BCUT2D eigenvalue weighted by Gasteiger charge is -2.25. The minimum absolute atomic E-state index is 0.0676. The van der Waals surface area contributed by atoms with Crippen molar-refractivity contribution in [2.24, 2.45) is 5.73 Å². The molecule has 0 aliphatic carbocycles. The summed E-state index contributed by atoms with van der Waals surface area (Å²) < 4.78 is 22.3. The van der Waals surface area contributed by atoms with Crippen LogP contribution in [0, 0.1) is 6.92 Å². The predicted molar refractivity (Wildman–Crippen MR) is 84.6 cm³/mol. The monoisotopic (exact) mass is 312 g/mol. The van der Waals surface area contributed by atoms with E-state index >= 15 is 0 Å². The zero-order valence-corrected chi connectivity index (χ0v) is 13.7. The second-order valence-corrected chi connectivity index (χ2v) is 7.56. The summed E-state index contributed by atoms with van der Waals surface area (Å²) in [5, 5.41) is 0. The van der Waals surface area contributed by atoms with Gasteiger partial charge in [0.2, 0.25) is 5.91 Å². The quantitative estimate of drug-likeness (QED) is 0.817. The molecule has 2 N–H and O–H groups in total. The molecule has 1 aromatic carbocycles. The highest BCUT2D eigenvalue weighted by Gasteiger charge is 2.21. The lowest BCUT2D eigenvalue weighted by Crippen LogP contribution is -2.44. The van der Waals surface area contributed by atoms with Gasteiger partial charge < -0.3 is 10.6 Å². The van der Waals surface area contributed by atoms with Crippen molar-refractivity contribution in [3.63, 3.8) is 0 Å². The fraction of sp³-hybridized carbons (Fsp3) is 0.533. The number of carbonyl (C=O) groups is 1. The average Bonchev–Trinajstić information content (AvgIpc) is 2.42. The summed E-state index contributed by atoms with van der Waals surface area (Å²) in [6.45, 7) is 4.92. The van der Waals surface area contributed by atoms with Crippen LogP contribution in [0.4, 0.5) is 0 Å². The van der Waals surface area contributed by atoms with Crippen LogP contribution in [0.2, 0.25) is 0 Å². The molecule has 0 aliphatic heterocycles. The SMILES string of the molecule is CCN(Cc1ccccc1C)C(=O)C(N)CCS(C)(=O)=O. The highest BCUT2D eigenvalue weighted by Crippen LogP contribution is 2.11. The standard InChI is InChI=1S/C15H24N2O3S/c1-4-17(11-13-8-6-5-7-12(13)2)15(18)14(16)9-10-21(3,19)20/h5-8,14H,4,9-11,16H2,1-3H3. The third-order valence-electron chi connectivity index (χ3n) is 3.43. The van der Waals surface area contributed by atoms with Crippen molar-refractivity contribution in [1.82, 2.24) is 4.90 Å². The van der Waals surface area contributed by atoms with Crippen LogP contribution in [0.15, 0.2) is 24.3 Å². The molecule has 21 heavy (non-hydrogen) atoms. The van der Waals surface area contributed by atoms with Gasteiger partial charge in [0.05, 0.1) is 11.8 Å². The Hall–Kier alpha value is -1.40. The van der Waals surface area contributed by atoms with Crippen molar-refractivity contribution >= 4 is 15.7 Å². The molecule has 0 bridgehead atoms. The van der Waals surface area contributed by atoms with E-state index in [1.807, 2.05) is 38.1 Å². The first kappa shape index (κ1) is 17.7. The van der Waals surface area contributed by atoms with Gasteiger partial charge in [-0.05, 0) is 31.4 Å². The fourth-order valence-electron chi connectivity index (χ4n) is 2.04. The van der Waals surface area contributed by atoms with Crippen LogP contribution in [0.3, 0.4) is 0 Å². The second-order valence-electron chi connectivity index (χ2n) is 5.30. The van der Waals surface area contributed by atoms with Gasteiger partial charge in [0.15, 0.2) is 0 Å². The summed E-state index contributed by atoms with van der Waals surface area (Å²) >= 11 is 0. The van der Waals surface area contributed by atoms with E-state index in [0.717, 1.165) is 17.4 Å². The summed E-state index contributed by atoms with van der Waals surface area (Å²) in [5.41, 5.74) is 8.03. The van der Waals surface area contributed by atoms with E-state index in [1.54, 1.807) is 4.90 Å². The molecule has 1 unspecified atom stereocenters. The van der Waals surface area contributed by atoms with Crippen LogP contribution in [-0.4, -0.2) is 43.8 Å². The van der Waals surface area contributed by atoms with Crippen molar-refractivity contribution in [2.75, 3.05) is 18.6 Å². The molecule has 1 atom stereocenters. The Bertz CT molecular complexity index is 584. The molecule has 0 fully saturated rings. The summed E-state index contributed by atoms with van der Waals surface area (Å²) in [6, 6.07) is 7.09. The number of nitrogens with two attached hydrogens (primary N) is 1. The van der Waals surface area contributed by atoms with Crippen LogP contribution >= 0.6 is 0 Å². The number of hydrogen-bond donors (Lipinski definition) is 1. The van der Waals surface area contributed by atoms with Gasteiger partial charge in [0, 0.05) is 19.3 Å². The van der Waals surface area contributed by atoms with Crippen molar-refractivity contribution in [3.8, 4) is 0 Å². The number of sulfone groups is 1. The molecule has 1 aromatic rings. The lowest BCUT2D eigenvalue weighted by atomic mass is 10.1. The first-order chi connectivity index (χ1) is 9.74. The normalized spacial score (nSPS) is 13.0. The van der Waals surface area contributed by atoms with Crippen LogP contribution in [0.5, 0.6) is 0 Å². The number of aryl methyl sites for hydroxylation is 1. The zero-order valence-electron chi connectivity index (χ0n) is 12.9. The molecule has 1 amide bonds.